The maximum absolute atomic E-state index is 12.4. The lowest BCUT2D eigenvalue weighted by Crippen LogP contribution is -2.50. The number of carbonyl (C=O) groups excluding carboxylic acids is 2. The third-order valence-electron chi connectivity index (χ3n) is 4.05. The van der Waals surface area contributed by atoms with Gasteiger partial charge in [0.05, 0.1) is 6.61 Å². The topological polar surface area (TPSA) is 46.6 Å². The molecule has 2 aliphatic rings. The van der Waals surface area contributed by atoms with Crippen molar-refractivity contribution >= 4 is 11.9 Å². The van der Waals surface area contributed by atoms with Gasteiger partial charge in [0, 0.05) is 12.5 Å². The molecule has 2 rings (SSSR count). The Kier molecular flexibility index (Phi) is 4.61. The van der Waals surface area contributed by atoms with Crippen molar-refractivity contribution in [3.63, 3.8) is 0 Å². The molecular weight excluding hydrogens is 230 g/mol. The molecule has 0 bridgehead atoms. The molecule has 1 aliphatic carbocycles. The van der Waals surface area contributed by atoms with E-state index in [-0.39, 0.29) is 23.8 Å². The molecule has 0 N–H and O–H groups in total. The highest BCUT2D eigenvalue weighted by molar-refractivity contribution is 5.86. The van der Waals surface area contributed by atoms with Crippen molar-refractivity contribution in [1.29, 1.82) is 0 Å². The first-order valence-electron chi connectivity index (χ1n) is 7.21. The lowest BCUT2D eigenvalue weighted by Gasteiger charge is -2.35. The van der Waals surface area contributed by atoms with E-state index in [0.717, 1.165) is 51.5 Å². The van der Waals surface area contributed by atoms with Crippen molar-refractivity contribution in [2.24, 2.45) is 5.92 Å². The largest absolute Gasteiger partial charge is 0.464 e. The molecule has 4 heteroatoms. The minimum Gasteiger partial charge on any atom is -0.464 e. The van der Waals surface area contributed by atoms with E-state index in [1.807, 2.05) is 6.92 Å². The highest BCUT2D eigenvalue weighted by Gasteiger charge is 2.36. The predicted octanol–water partition coefficient (Wildman–Crippen LogP) is 2.12. The summed E-state index contributed by atoms with van der Waals surface area (Å²) < 4.78 is 5.09. The number of nitrogens with zero attached hydrogens (tertiary/aromatic N) is 1. The van der Waals surface area contributed by atoms with Crippen LogP contribution >= 0.6 is 0 Å². The Morgan fingerprint density at radius 2 is 1.78 bits per heavy atom. The summed E-state index contributed by atoms with van der Waals surface area (Å²) in [6.45, 7) is 2.92. The number of rotatable bonds is 3. The number of ether oxygens (including phenoxy) is 1. The lowest BCUT2D eigenvalue weighted by atomic mass is 9.98. The van der Waals surface area contributed by atoms with Crippen molar-refractivity contribution in [3.8, 4) is 0 Å². The summed E-state index contributed by atoms with van der Waals surface area (Å²) in [5.74, 6) is 0.119. The zero-order chi connectivity index (χ0) is 13.0. The molecule has 1 heterocycles. The summed E-state index contributed by atoms with van der Waals surface area (Å²) in [4.78, 5) is 26.1. The summed E-state index contributed by atoms with van der Waals surface area (Å²) in [5.41, 5.74) is 0. The van der Waals surface area contributed by atoms with Gasteiger partial charge in [-0.1, -0.05) is 12.8 Å². The first-order valence-corrected chi connectivity index (χ1v) is 7.21. The maximum atomic E-state index is 12.4. The van der Waals surface area contributed by atoms with Crippen molar-refractivity contribution in [2.45, 2.75) is 57.9 Å². The Hall–Kier alpha value is -1.06. The van der Waals surface area contributed by atoms with Crippen molar-refractivity contribution in [2.75, 3.05) is 13.2 Å². The van der Waals surface area contributed by atoms with Crippen LogP contribution in [0, 0.1) is 5.92 Å². The Balaban J connectivity index is 2.02. The Morgan fingerprint density at radius 3 is 2.44 bits per heavy atom. The van der Waals surface area contributed by atoms with Crippen LogP contribution in [0.3, 0.4) is 0 Å². The normalized spacial score (nSPS) is 25.2. The molecule has 102 valence electrons. The number of hydrogen-bond donors (Lipinski definition) is 0. The fourth-order valence-electron chi connectivity index (χ4n) is 3.09. The highest BCUT2D eigenvalue weighted by Crippen LogP contribution is 2.29. The molecule has 1 atom stereocenters. The molecule has 18 heavy (non-hydrogen) atoms. The van der Waals surface area contributed by atoms with Gasteiger partial charge < -0.3 is 9.64 Å². The minimum absolute atomic E-state index is 0.153. The average Bonchev–Trinajstić information content (AvgIpc) is 2.92. The maximum Gasteiger partial charge on any atom is 0.328 e. The molecule has 0 radical (unpaired) electrons. The molecule has 4 nitrogen and oxygen atoms in total. The van der Waals surface area contributed by atoms with Crippen LogP contribution in [0.15, 0.2) is 0 Å². The van der Waals surface area contributed by atoms with Crippen LogP contribution in [0.4, 0.5) is 0 Å². The lowest BCUT2D eigenvalue weighted by molar-refractivity contribution is -0.158. The van der Waals surface area contributed by atoms with Crippen LogP contribution in [0.1, 0.15) is 51.9 Å². The summed E-state index contributed by atoms with van der Waals surface area (Å²) in [5, 5.41) is 0. The fraction of sp³-hybridized carbons (Fsp3) is 0.857. The summed E-state index contributed by atoms with van der Waals surface area (Å²) in [6, 6.07) is -0.327. The average molecular weight is 253 g/mol. The van der Waals surface area contributed by atoms with Gasteiger partial charge in [-0.2, -0.15) is 0 Å². The van der Waals surface area contributed by atoms with Gasteiger partial charge in [-0.25, -0.2) is 4.79 Å². The van der Waals surface area contributed by atoms with Gasteiger partial charge >= 0.3 is 5.97 Å². The molecule has 1 saturated heterocycles. The Labute approximate surface area is 109 Å². The molecular formula is C14H23NO3. The number of likely N-dealkylation sites (tertiary alicyclic amines) is 1. The molecule has 1 saturated carbocycles. The third kappa shape index (κ3) is 2.85. The first-order chi connectivity index (χ1) is 8.74. The van der Waals surface area contributed by atoms with Crippen LogP contribution in [-0.4, -0.2) is 36.0 Å². The Morgan fingerprint density at radius 1 is 1.11 bits per heavy atom. The van der Waals surface area contributed by atoms with E-state index in [1.54, 1.807) is 4.90 Å². The van der Waals surface area contributed by atoms with E-state index in [1.165, 1.54) is 0 Å². The van der Waals surface area contributed by atoms with Crippen LogP contribution in [0.2, 0.25) is 0 Å². The van der Waals surface area contributed by atoms with Crippen molar-refractivity contribution in [3.05, 3.63) is 0 Å². The van der Waals surface area contributed by atoms with E-state index in [9.17, 15) is 9.59 Å². The van der Waals surface area contributed by atoms with E-state index >= 15 is 0 Å². The van der Waals surface area contributed by atoms with E-state index in [4.69, 9.17) is 4.74 Å². The van der Waals surface area contributed by atoms with E-state index in [2.05, 4.69) is 0 Å². The molecule has 0 spiro atoms. The number of piperidine rings is 1. The standard InChI is InChI=1S/C14H23NO3/c1-2-18-14(17)12-9-5-6-10-15(12)13(16)11-7-3-4-8-11/h11-12H,2-10H2,1H3. The monoisotopic (exact) mass is 253 g/mol. The zero-order valence-corrected chi connectivity index (χ0v) is 11.2. The fourth-order valence-corrected chi connectivity index (χ4v) is 3.09. The van der Waals surface area contributed by atoms with Gasteiger partial charge in [-0.05, 0) is 39.0 Å². The number of esters is 1. The number of amides is 1. The van der Waals surface area contributed by atoms with Gasteiger partial charge in [0.25, 0.3) is 0 Å². The van der Waals surface area contributed by atoms with Gasteiger partial charge in [0.1, 0.15) is 6.04 Å². The summed E-state index contributed by atoms with van der Waals surface area (Å²) in [6.07, 6.45) is 7.06. The zero-order valence-electron chi connectivity index (χ0n) is 11.2. The number of carbonyl (C=O) groups is 2. The molecule has 0 aromatic rings. The Bertz CT molecular complexity index is 310. The molecule has 2 fully saturated rings. The molecule has 0 aromatic carbocycles. The summed E-state index contributed by atoms with van der Waals surface area (Å²) in [7, 11) is 0. The highest BCUT2D eigenvalue weighted by atomic mass is 16.5. The van der Waals surface area contributed by atoms with Crippen LogP contribution < -0.4 is 0 Å². The second-order valence-electron chi connectivity index (χ2n) is 5.28. The van der Waals surface area contributed by atoms with Gasteiger partial charge in [0.2, 0.25) is 5.91 Å². The van der Waals surface area contributed by atoms with Gasteiger partial charge in [-0.15, -0.1) is 0 Å². The molecule has 1 amide bonds. The van der Waals surface area contributed by atoms with Crippen molar-refractivity contribution in [1.82, 2.24) is 4.90 Å². The second-order valence-corrected chi connectivity index (χ2v) is 5.28. The van der Waals surface area contributed by atoms with Crippen molar-refractivity contribution < 1.29 is 14.3 Å². The SMILES string of the molecule is CCOC(=O)C1CCCCN1C(=O)C1CCCC1. The third-order valence-corrected chi connectivity index (χ3v) is 4.05. The number of hydrogen-bond acceptors (Lipinski definition) is 3. The summed E-state index contributed by atoms with van der Waals surface area (Å²) >= 11 is 0. The van der Waals surface area contributed by atoms with Crippen LogP contribution in [0.25, 0.3) is 0 Å². The van der Waals surface area contributed by atoms with E-state index in [0.29, 0.717) is 6.61 Å². The quantitative estimate of drug-likeness (QED) is 0.724. The van der Waals surface area contributed by atoms with Gasteiger partial charge in [0.15, 0.2) is 0 Å². The molecule has 1 aliphatic heterocycles. The smallest absolute Gasteiger partial charge is 0.328 e. The van der Waals surface area contributed by atoms with Crippen LogP contribution in [-0.2, 0) is 14.3 Å². The van der Waals surface area contributed by atoms with Crippen LogP contribution in [0.5, 0.6) is 0 Å². The van der Waals surface area contributed by atoms with Gasteiger partial charge in [-0.3, -0.25) is 4.79 Å². The first kappa shape index (κ1) is 13.4. The van der Waals surface area contributed by atoms with E-state index < -0.39 is 0 Å². The predicted molar refractivity (Wildman–Crippen MR) is 67.9 cm³/mol. The minimum atomic E-state index is -0.327. The molecule has 1 unspecified atom stereocenters. The second kappa shape index (κ2) is 6.21. The molecule has 0 aromatic heterocycles.